The molecule has 0 radical (unpaired) electrons. The van der Waals surface area contributed by atoms with Crippen molar-refractivity contribution in [2.75, 3.05) is 6.61 Å². The van der Waals surface area contributed by atoms with E-state index in [1.165, 1.54) is 44.9 Å². The molecule has 1 fully saturated rings. The number of aliphatic hydroxyl groups excluding tert-OH is 1. The van der Waals surface area contributed by atoms with Crippen LogP contribution in [0.1, 0.15) is 65.7 Å². The summed E-state index contributed by atoms with van der Waals surface area (Å²) in [5.41, 5.74) is 0. The van der Waals surface area contributed by atoms with E-state index in [2.05, 4.69) is 40.4 Å². The molecule has 1 aliphatic carbocycles. The van der Waals surface area contributed by atoms with Crippen molar-refractivity contribution in [3.63, 3.8) is 0 Å². The van der Waals surface area contributed by atoms with Gasteiger partial charge in [-0.15, -0.1) is 0 Å². The van der Waals surface area contributed by atoms with Crippen LogP contribution in [-0.2, 0) is 0 Å². The third kappa shape index (κ3) is 4.14. The average molecular weight is 433 g/mol. The van der Waals surface area contributed by atoms with Gasteiger partial charge in [-0.2, -0.15) is 0 Å². The van der Waals surface area contributed by atoms with Gasteiger partial charge in [-0.3, -0.25) is 0 Å². The third-order valence-electron chi connectivity index (χ3n) is 6.64. The molecule has 0 aromatic heterocycles. The summed E-state index contributed by atoms with van der Waals surface area (Å²) >= 11 is -2.22. The van der Waals surface area contributed by atoms with E-state index >= 15 is 0 Å². The van der Waals surface area contributed by atoms with Crippen molar-refractivity contribution >= 4 is 26.5 Å². The molecule has 1 aliphatic rings. The number of hydrogen-bond donors (Lipinski definition) is 1. The summed E-state index contributed by atoms with van der Waals surface area (Å²) in [7, 11) is -1.21. The van der Waals surface area contributed by atoms with Crippen LogP contribution in [0, 0.1) is 5.92 Å². The van der Waals surface area contributed by atoms with Crippen molar-refractivity contribution in [1.29, 1.82) is 0 Å². The SMILES string of the molecule is CCC[CH2][Sn]([CH2]CCC)([CH2]CCC)[C@@]1([Si](C)(C)C)C[C@H]1CO. The molecule has 2 atom stereocenters. The Bertz CT molecular complexity index is 304. The van der Waals surface area contributed by atoms with Gasteiger partial charge in [-0.25, -0.2) is 0 Å². The Balaban J connectivity index is 3.18. The second kappa shape index (κ2) is 8.89. The molecule has 0 amide bonds. The second-order valence-corrected chi connectivity index (χ2v) is 29.9. The summed E-state index contributed by atoms with van der Waals surface area (Å²) in [6, 6.07) is 0. The fraction of sp³-hybridized carbons (Fsp3) is 1.00. The molecule has 0 saturated heterocycles. The monoisotopic (exact) mass is 434 g/mol. The van der Waals surface area contributed by atoms with Gasteiger partial charge >= 0.3 is 146 Å². The third-order valence-corrected chi connectivity index (χ3v) is 38.3. The van der Waals surface area contributed by atoms with Crippen molar-refractivity contribution in [3.8, 4) is 0 Å². The van der Waals surface area contributed by atoms with Crippen LogP contribution >= 0.6 is 0 Å². The van der Waals surface area contributed by atoms with Crippen LogP contribution in [0.25, 0.3) is 0 Å². The van der Waals surface area contributed by atoms with E-state index in [4.69, 9.17) is 0 Å². The van der Waals surface area contributed by atoms with Gasteiger partial charge < -0.3 is 0 Å². The first-order valence-corrected chi connectivity index (χ1v) is 20.9. The first-order valence-electron chi connectivity index (χ1n) is 9.96. The Labute approximate surface area is 145 Å². The van der Waals surface area contributed by atoms with Gasteiger partial charge in [-0.1, -0.05) is 0 Å². The van der Waals surface area contributed by atoms with E-state index in [1.54, 1.807) is 13.3 Å². The zero-order chi connectivity index (χ0) is 16.9. The van der Waals surface area contributed by atoms with E-state index < -0.39 is 26.5 Å². The van der Waals surface area contributed by atoms with Gasteiger partial charge in [0.05, 0.1) is 0 Å². The van der Waals surface area contributed by atoms with Crippen LogP contribution < -0.4 is 0 Å². The van der Waals surface area contributed by atoms with Crippen molar-refractivity contribution in [3.05, 3.63) is 0 Å². The Kier molecular flexibility index (Phi) is 8.50. The molecule has 1 rings (SSSR count). The maximum absolute atomic E-state index is 10.0. The summed E-state index contributed by atoms with van der Waals surface area (Å²) < 4.78 is 5.57. The Morgan fingerprint density at radius 2 is 1.32 bits per heavy atom. The number of hydrogen-bond acceptors (Lipinski definition) is 1. The zero-order valence-electron chi connectivity index (χ0n) is 16.3. The predicted molar refractivity (Wildman–Crippen MR) is 106 cm³/mol. The minimum absolute atomic E-state index is 0.479. The number of unbranched alkanes of at least 4 members (excludes halogenated alkanes) is 3. The molecule has 1 N–H and O–H groups in total. The summed E-state index contributed by atoms with van der Waals surface area (Å²) in [4.78, 5) is 0. The van der Waals surface area contributed by atoms with E-state index in [1.807, 2.05) is 0 Å². The van der Waals surface area contributed by atoms with E-state index in [9.17, 15) is 5.11 Å². The van der Waals surface area contributed by atoms with E-state index in [0.29, 0.717) is 12.5 Å². The van der Waals surface area contributed by atoms with Crippen molar-refractivity contribution in [2.24, 2.45) is 5.92 Å². The van der Waals surface area contributed by atoms with Gasteiger partial charge in [0.1, 0.15) is 0 Å². The molecule has 22 heavy (non-hydrogen) atoms. The molecule has 0 bridgehead atoms. The molecule has 0 spiro atoms. The van der Waals surface area contributed by atoms with Gasteiger partial charge in [-0.05, 0) is 0 Å². The fourth-order valence-corrected chi connectivity index (χ4v) is 44.9. The summed E-state index contributed by atoms with van der Waals surface area (Å²) in [5, 5.41) is 10.0. The van der Waals surface area contributed by atoms with Crippen LogP contribution in [-0.4, -0.2) is 38.2 Å². The number of rotatable bonds is 12. The molecular weight excluding hydrogens is 391 g/mol. The molecule has 0 aliphatic heterocycles. The summed E-state index contributed by atoms with van der Waals surface area (Å²) in [6.07, 6.45) is 9.90. The molecule has 0 unspecified atom stereocenters. The van der Waals surface area contributed by atoms with Crippen LogP contribution in [0.4, 0.5) is 0 Å². The van der Waals surface area contributed by atoms with Crippen LogP contribution in [0.15, 0.2) is 0 Å². The molecule has 3 heteroatoms. The second-order valence-electron chi connectivity index (χ2n) is 8.90. The van der Waals surface area contributed by atoms with E-state index in [0.717, 1.165) is 3.05 Å². The zero-order valence-corrected chi connectivity index (χ0v) is 20.2. The van der Waals surface area contributed by atoms with Gasteiger partial charge in [0.25, 0.3) is 0 Å². The molecule has 0 aromatic carbocycles. The Hall–Kier alpha value is 0.976. The van der Waals surface area contributed by atoms with Crippen molar-refractivity contribution < 1.29 is 5.11 Å². The topological polar surface area (TPSA) is 20.2 Å². The summed E-state index contributed by atoms with van der Waals surface area (Å²) in [6.45, 7) is 15.5. The standard InChI is InChI=1S/C7H15OSi.3C4H9.Sn/c1-9(2,3)7-4-6(7)5-8;3*1-3-4-2;/h6,8H,4-5H2,1-3H3;3*1,3-4H2,2H3;/t6-;;;;/m0..../s1. The molecule has 1 saturated carbocycles. The normalized spacial score (nSPS) is 25.5. The fourth-order valence-electron chi connectivity index (χ4n) is 5.50. The van der Waals surface area contributed by atoms with Crippen molar-refractivity contribution in [2.45, 2.75) is 102 Å². The molecule has 132 valence electrons. The summed E-state index contributed by atoms with van der Waals surface area (Å²) in [5.74, 6) is 0.695. The molecular formula is C19H42OSiSn. The minimum atomic E-state index is -2.22. The molecule has 0 heterocycles. The Morgan fingerprint density at radius 1 is 0.909 bits per heavy atom. The average Bonchev–Trinajstić information content (AvgIpc) is 3.23. The molecule has 1 nitrogen and oxygen atoms in total. The van der Waals surface area contributed by atoms with Gasteiger partial charge in [0, 0.05) is 0 Å². The quantitative estimate of drug-likeness (QED) is 0.350. The maximum atomic E-state index is 10.0. The predicted octanol–water partition coefficient (Wildman–Crippen LogP) is 6.47. The first kappa shape index (κ1) is 21.0. The Morgan fingerprint density at radius 3 is 1.55 bits per heavy atom. The van der Waals surface area contributed by atoms with Crippen LogP contribution in [0.2, 0.25) is 36.0 Å². The van der Waals surface area contributed by atoms with Gasteiger partial charge in [0.15, 0.2) is 0 Å². The van der Waals surface area contributed by atoms with Gasteiger partial charge in [0.2, 0.25) is 0 Å². The van der Waals surface area contributed by atoms with Crippen LogP contribution in [0.3, 0.4) is 0 Å². The van der Waals surface area contributed by atoms with E-state index in [-0.39, 0.29) is 0 Å². The first-order chi connectivity index (χ1) is 10.3. The molecule has 0 aromatic rings. The van der Waals surface area contributed by atoms with Crippen LogP contribution in [0.5, 0.6) is 0 Å². The number of aliphatic hydroxyl groups is 1. The van der Waals surface area contributed by atoms with Crippen molar-refractivity contribution in [1.82, 2.24) is 0 Å².